The largest absolute Gasteiger partial charge is 0.282 e. The lowest BCUT2D eigenvalue weighted by Gasteiger charge is -2.06. The average molecular weight is 350 g/mol. The Bertz CT molecular complexity index is 955. The molecule has 124 valence electrons. The maximum absolute atomic E-state index is 13.0. The van der Waals surface area contributed by atoms with Crippen LogP contribution in [0, 0.1) is 0 Å². The SMILES string of the molecule is CS(=O)(=O)c1cnc(-n2nc(C(F)F)cc2-c2ccccc2)nc1. The lowest BCUT2D eigenvalue weighted by Crippen LogP contribution is -2.07. The number of halogens is 2. The number of alkyl halides is 2. The molecule has 0 aliphatic carbocycles. The smallest absolute Gasteiger partial charge is 0.224 e. The first-order valence-electron chi connectivity index (χ1n) is 6.82. The molecule has 0 fully saturated rings. The second kappa shape index (κ2) is 6.08. The highest BCUT2D eigenvalue weighted by Gasteiger charge is 2.19. The molecule has 24 heavy (non-hydrogen) atoms. The summed E-state index contributed by atoms with van der Waals surface area (Å²) in [4.78, 5) is 7.82. The summed E-state index contributed by atoms with van der Waals surface area (Å²) in [6.45, 7) is 0. The minimum atomic E-state index is -3.45. The number of nitrogens with zero attached hydrogens (tertiary/aromatic N) is 4. The fourth-order valence-electron chi connectivity index (χ4n) is 2.08. The molecule has 3 rings (SSSR count). The Morgan fingerprint density at radius 1 is 1.08 bits per heavy atom. The number of hydrogen-bond donors (Lipinski definition) is 0. The molecular weight excluding hydrogens is 338 g/mol. The monoisotopic (exact) mass is 350 g/mol. The third kappa shape index (κ3) is 3.16. The number of benzene rings is 1. The van der Waals surface area contributed by atoms with Crippen LogP contribution in [0.4, 0.5) is 8.78 Å². The van der Waals surface area contributed by atoms with Gasteiger partial charge in [-0.1, -0.05) is 30.3 Å². The number of rotatable bonds is 4. The normalized spacial score (nSPS) is 11.8. The van der Waals surface area contributed by atoms with Crippen LogP contribution in [0.3, 0.4) is 0 Å². The molecule has 2 aromatic heterocycles. The van der Waals surface area contributed by atoms with Gasteiger partial charge in [-0.2, -0.15) is 9.78 Å². The molecule has 0 unspecified atom stereocenters. The molecule has 0 saturated carbocycles. The van der Waals surface area contributed by atoms with E-state index in [-0.39, 0.29) is 10.8 Å². The molecule has 9 heteroatoms. The van der Waals surface area contributed by atoms with Crippen molar-refractivity contribution in [2.75, 3.05) is 6.26 Å². The van der Waals surface area contributed by atoms with E-state index in [1.54, 1.807) is 30.3 Å². The van der Waals surface area contributed by atoms with Crippen LogP contribution < -0.4 is 0 Å². The van der Waals surface area contributed by atoms with Crippen molar-refractivity contribution in [1.82, 2.24) is 19.7 Å². The first-order chi connectivity index (χ1) is 11.4. The van der Waals surface area contributed by atoms with E-state index in [0.29, 0.717) is 11.3 Å². The maximum Gasteiger partial charge on any atom is 0.282 e. The molecule has 0 saturated heterocycles. The van der Waals surface area contributed by atoms with Crippen LogP contribution in [0.1, 0.15) is 12.1 Å². The van der Waals surface area contributed by atoms with Crippen molar-refractivity contribution in [1.29, 1.82) is 0 Å². The van der Waals surface area contributed by atoms with Gasteiger partial charge in [0.05, 0.1) is 18.1 Å². The standard InChI is InChI=1S/C15H12F2N4O2S/c1-24(22,23)11-8-18-15(19-9-11)21-13(7-12(20-21)14(16)17)10-5-3-2-4-6-10/h2-9,14H,1H3. The fraction of sp³-hybridized carbons (Fsp3) is 0.133. The van der Waals surface area contributed by atoms with Gasteiger partial charge in [0, 0.05) is 11.8 Å². The predicted molar refractivity (Wildman–Crippen MR) is 82.7 cm³/mol. The van der Waals surface area contributed by atoms with E-state index in [2.05, 4.69) is 15.1 Å². The van der Waals surface area contributed by atoms with Crippen LogP contribution in [-0.4, -0.2) is 34.4 Å². The minimum absolute atomic E-state index is 0.00755. The van der Waals surface area contributed by atoms with E-state index in [0.717, 1.165) is 18.6 Å². The summed E-state index contributed by atoms with van der Waals surface area (Å²) in [5.74, 6) is 0.00755. The molecule has 0 bridgehead atoms. The Morgan fingerprint density at radius 3 is 2.25 bits per heavy atom. The highest BCUT2D eigenvalue weighted by atomic mass is 32.2. The van der Waals surface area contributed by atoms with Gasteiger partial charge in [0.25, 0.3) is 12.4 Å². The van der Waals surface area contributed by atoms with Crippen molar-refractivity contribution < 1.29 is 17.2 Å². The Labute approximate surface area is 136 Å². The van der Waals surface area contributed by atoms with Crippen molar-refractivity contribution in [3.05, 3.63) is 54.5 Å². The minimum Gasteiger partial charge on any atom is -0.224 e. The second-order valence-corrected chi connectivity index (χ2v) is 7.04. The summed E-state index contributed by atoms with van der Waals surface area (Å²) in [5, 5.41) is 3.84. The highest BCUT2D eigenvalue weighted by Crippen LogP contribution is 2.27. The molecular formula is C15H12F2N4O2S. The highest BCUT2D eigenvalue weighted by molar-refractivity contribution is 7.90. The van der Waals surface area contributed by atoms with Gasteiger partial charge < -0.3 is 0 Å². The maximum atomic E-state index is 13.0. The van der Waals surface area contributed by atoms with Gasteiger partial charge in [-0.25, -0.2) is 27.2 Å². The Hall–Kier alpha value is -2.68. The lowest BCUT2D eigenvalue weighted by atomic mass is 10.1. The van der Waals surface area contributed by atoms with Crippen LogP contribution in [0.25, 0.3) is 17.2 Å². The van der Waals surface area contributed by atoms with Crippen molar-refractivity contribution >= 4 is 9.84 Å². The average Bonchev–Trinajstić information content (AvgIpc) is 3.00. The molecule has 6 nitrogen and oxygen atoms in total. The number of hydrogen-bond acceptors (Lipinski definition) is 5. The molecule has 0 radical (unpaired) electrons. The van der Waals surface area contributed by atoms with Crippen molar-refractivity contribution in [2.45, 2.75) is 11.3 Å². The quantitative estimate of drug-likeness (QED) is 0.723. The Kier molecular flexibility index (Phi) is 4.10. The summed E-state index contributed by atoms with van der Waals surface area (Å²) in [6.07, 6.45) is 0.527. The van der Waals surface area contributed by atoms with Crippen LogP contribution in [-0.2, 0) is 9.84 Å². The van der Waals surface area contributed by atoms with Gasteiger partial charge in [0.1, 0.15) is 10.6 Å². The molecule has 0 spiro atoms. The van der Waals surface area contributed by atoms with E-state index in [9.17, 15) is 17.2 Å². The lowest BCUT2D eigenvalue weighted by molar-refractivity contribution is 0.145. The van der Waals surface area contributed by atoms with E-state index in [1.807, 2.05) is 0 Å². The van der Waals surface area contributed by atoms with E-state index in [1.165, 1.54) is 10.7 Å². The number of sulfone groups is 1. The zero-order valence-corrected chi connectivity index (χ0v) is 13.3. The zero-order chi connectivity index (χ0) is 17.3. The summed E-state index contributed by atoms with van der Waals surface area (Å²) < 4.78 is 50.1. The fourth-order valence-corrected chi connectivity index (χ4v) is 2.57. The number of aromatic nitrogens is 4. The summed E-state index contributed by atoms with van der Waals surface area (Å²) in [6, 6.07) is 10.1. The second-order valence-electron chi connectivity index (χ2n) is 5.02. The van der Waals surface area contributed by atoms with Crippen LogP contribution in [0.15, 0.2) is 53.7 Å². The van der Waals surface area contributed by atoms with Gasteiger partial charge >= 0.3 is 0 Å². The van der Waals surface area contributed by atoms with Gasteiger partial charge in [0.2, 0.25) is 0 Å². The summed E-state index contributed by atoms with van der Waals surface area (Å²) in [5.41, 5.74) is 0.635. The van der Waals surface area contributed by atoms with Gasteiger partial charge in [-0.3, -0.25) is 0 Å². The molecule has 1 aromatic carbocycles. The van der Waals surface area contributed by atoms with E-state index in [4.69, 9.17) is 0 Å². The zero-order valence-electron chi connectivity index (χ0n) is 12.5. The summed E-state index contributed by atoms with van der Waals surface area (Å²) >= 11 is 0. The molecule has 2 heterocycles. The first kappa shape index (κ1) is 16.2. The van der Waals surface area contributed by atoms with Gasteiger partial charge in [0.15, 0.2) is 9.84 Å². The third-order valence-electron chi connectivity index (χ3n) is 3.25. The van der Waals surface area contributed by atoms with Gasteiger partial charge in [-0.15, -0.1) is 0 Å². The molecule has 3 aromatic rings. The van der Waals surface area contributed by atoms with Crippen LogP contribution in [0.2, 0.25) is 0 Å². The van der Waals surface area contributed by atoms with Gasteiger partial charge in [-0.05, 0) is 6.07 Å². The molecule has 0 N–H and O–H groups in total. The van der Waals surface area contributed by atoms with Crippen molar-refractivity contribution in [3.8, 4) is 17.2 Å². The molecule has 0 atom stereocenters. The Balaban J connectivity index is 2.13. The molecule has 0 amide bonds. The molecule has 0 aliphatic rings. The molecule has 0 aliphatic heterocycles. The predicted octanol–water partition coefficient (Wildman–Crippen LogP) is 2.67. The topological polar surface area (TPSA) is 77.7 Å². The van der Waals surface area contributed by atoms with Crippen LogP contribution in [0.5, 0.6) is 0 Å². The van der Waals surface area contributed by atoms with E-state index < -0.39 is 22.0 Å². The first-order valence-corrected chi connectivity index (χ1v) is 8.71. The van der Waals surface area contributed by atoms with Crippen molar-refractivity contribution in [3.63, 3.8) is 0 Å². The van der Waals surface area contributed by atoms with Crippen molar-refractivity contribution in [2.24, 2.45) is 0 Å². The third-order valence-corrected chi connectivity index (χ3v) is 4.32. The summed E-state index contributed by atoms with van der Waals surface area (Å²) in [7, 11) is -3.45. The van der Waals surface area contributed by atoms with Crippen LogP contribution >= 0.6 is 0 Å². The Morgan fingerprint density at radius 2 is 1.71 bits per heavy atom. The van der Waals surface area contributed by atoms with E-state index >= 15 is 0 Å².